The number of hydrogen-bond donors (Lipinski definition) is 8. The van der Waals surface area contributed by atoms with Crippen LogP contribution in [0.4, 0.5) is 83.5 Å². The summed E-state index contributed by atoms with van der Waals surface area (Å²) in [6.45, 7) is 13.8. The molecule has 12 N–H and O–H groups in total. The lowest BCUT2D eigenvalue weighted by atomic mass is 10.0. The first-order valence-corrected chi connectivity index (χ1v) is 33.6. The number of benzene rings is 8. The number of nitrogens with zero attached hydrogens (tertiary/aromatic N) is 20. The van der Waals surface area contributed by atoms with Crippen molar-refractivity contribution in [3.63, 3.8) is 0 Å². The Balaban J connectivity index is 0.000000126. The molecule has 8 heterocycles. The number of nitrogen functional groups attached to an aromatic ring is 4. The van der Waals surface area contributed by atoms with Gasteiger partial charge in [-0.15, -0.1) is 0 Å². The van der Waals surface area contributed by atoms with Crippen LogP contribution in [0.2, 0.25) is 5.02 Å². The molecule has 538 valence electrons. The third kappa shape index (κ3) is 16.6. The molecule has 0 atom stereocenters. The predicted octanol–water partition coefficient (Wildman–Crippen LogP) is 14.1. The highest BCUT2D eigenvalue weighted by Crippen LogP contribution is 2.29. The molecule has 0 aliphatic carbocycles. The zero-order chi connectivity index (χ0) is 75.2. The summed E-state index contributed by atoms with van der Waals surface area (Å²) in [6, 6.07) is 51.3. The number of anilines is 12. The minimum atomic E-state index is -0.375. The van der Waals surface area contributed by atoms with Crippen molar-refractivity contribution >= 4 is 126 Å². The van der Waals surface area contributed by atoms with E-state index in [1.165, 1.54) is 42.0 Å². The van der Waals surface area contributed by atoms with Crippen LogP contribution in [0.1, 0.15) is 61.1 Å². The molecule has 0 radical (unpaired) electrons. The van der Waals surface area contributed by atoms with E-state index in [1.54, 1.807) is 77.1 Å². The van der Waals surface area contributed by atoms with Crippen LogP contribution in [0.15, 0.2) is 176 Å². The van der Waals surface area contributed by atoms with Crippen LogP contribution < -0.4 is 48.9 Å². The average molecular weight is 1460 g/mol. The largest absolute Gasteiger partial charge is 0.497 e. The fourth-order valence-electron chi connectivity index (χ4n) is 11.3. The topological polar surface area (TPSA) is 387 Å². The quantitative estimate of drug-likeness (QED) is 0.0472. The minimum absolute atomic E-state index is 0.0316. The SMILES string of the molecule is CCc1nc2ccc(F)cc2n1-c1nc(N)nc(Nc2ccc(OC)cc2)n1.Cc1ccc(Nc2nc(N)nc(-n3c(C)nc4ccc(F)cc43)n2)cc1.Cc1nc2ccc(F)cc2n1-c1nc(N)nc(Nc2ccc(Cl)cc2)n1.Cc1nc2ccccc2n1-c1nc(N)nc(Nc2ccc(C(C)C)cc2)n1. The predicted molar refractivity (Wildman–Crippen MR) is 408 cm³/mol. The van der Waals surface area contributed by atoms with Crippen LogP contribution in [0, 0.1) is 45.1 Å². The Morgan fingerprint density at radius 2 is 0.720 bits per heavy atom. The van der Waals surface area contributed by atoms with Gasteiger partial charge in [0.15, 0.2) is 0 Å². The first kappa shape index (κ1) is 71.4. The van der Waals surface area contributed by atoms with Crippen molar-refractivity contribution in [1.29, 1.82) is 0 Å². The zero-order valence-corrected chi connectivity index (χ0v) is 59.5. The Labute approximate surface area is 613 Å². The van der Waals surface area contributed by atoms with E-state index in [0.29, 0.717) is 85.8 Å². The summed E-state index contributed by atoms with van der Waals surface area (Å²) in [5.74, 6) is 5.57. The van der Waals surface area contributed by atoms with E-state index in [1.807, 2.05) is 110 Å². The van der Waals surface area contributed by atoms with Gasteiger partial charge in [0.05, 0.1) is 51.2 Å². The molecule has 0 fully saturated rings. The van der Waals surface area contributed by atoms with Gasteiger partial charge in [0.25, 0.3) is 0 Å². The van der Waals surface area contributed by atoms with Crippen molar-refractivity contribution in [3.8, 4) is 29.5 Å². The van der Waals surface area contributed by atoms with E-state index < -0.39 is 0 Å². The van der Waals surface area contributed by atoms with Crippen molar-refractivity contribution in [3.05, 3.63) is 233 Å². The maximum Gasteiger partial charge on any atom is 0.242 e. The molecule has 0 saturated carbocycles. The van der Waals surface area contributed by atoms with Gasteiger partial charge in [-0.1, -0.05) is 74.3 Å². The Kier molecular flexibility index (Phi) is 20.6. The normalized spacial score (nSPS) is 11.1. The summed E-state index contributed by atoms with van der Waals surface area (Å²) >= 11 is 5.89. The first-order chi connectivity index (χ1) is 51.6. The van der Waals surface area contributed by atoms with E-state index in [9.17, 15) is 13.2 Å². The van der Waals surface area contributed by atoms with Gasteiger partial charge < -0.3 is 48.9 Å². The molecule has 0 amide bonds. The number of halogens is 4. The number of nitrogens with two attached hydrogens (primary N) is 4. The number of aromatic nitrogens is 20. The lowest BCUT2D eigenvalue weighted by Gasteiger charge is -2.10. The van der Waals surface area contributed by atoms with Crippen molar-refractivity contribution in [2.75, 3.05) is 51.3 Å². The van der Waals surface area contributed by atoms with Crippen LogP contribution in [0.5, 0.6) is 5.75 Å². The monoisotopic (exact) mass is 1460 g/mol. The molecule has 8 aromatic heterocycles. The molecule has 0 aliphatic heterocycles. The number of nitrogens with one attached hydrogen (secondary N) is 4. The second-order valence-corrected chi connectivity index (χ2v) is 24.7. The summed E-state index contributed by atoms with van der Waals surface area (Å²) in [4.78, 5) is 69.2. The minimum Gasteiger partial charge on any atom is -0.497 e. The highest BCUT2D eigenvalue weighted by atomic mass is 35.5. The van der Waals surface area contributed by atoms with Gasteiger partial charge in [-0.05, 0) is 161 Å². The Morgan fingerprint density at radius 3 is 1.11 bits per heavy atom. The molecule has 29 nitrogen and oxygen atoms in total. The van der Waals surface area contributed by atoms with Gasteiger partial charge in [-0.3, -0.25) is 18.3 Å². The lowest BCUT2D eigenvalue weighted by molar-refractivity contribution is 0.415. The van der Waals surface area contributed by atoms with Crippen molar-refractivity contribution in [2.45, 2.75) is 60.8 Å². The van der Waals surface area contributed by atoms with E-state index >= 15 is 0 Å². The Bertz CT molecular complexity index is 5720. The molecule has 33 heteroatoms. The van der Waals surface area contributed by atoms with Gasteiger partial charge in [-0.2, -0.15) is 59.8 Å². The number of ether oxygens (including phenoxy) is 1. The summed E-state index contributed by atoms with van der Waals surface area (Å²) in [7, 11) is 1.60. The molecule has 0 bridgehead atoms. The number of fused-ring (bicyclic) bond motifs is 4. The van der Waals surface area contributed by atoms with Crippen molar-refractivity contribution in [1.82, 2.24) is 98.0 Å². The van der Waals surface area contributed by atoms with E-state index in [-0.39, 0.29) is 71.0 Å². The van der Waals surface area contributed by atoms with Gasteiger partial charge in [0.2, 0.25) is 71.4 Å². The summed E-state index contributed by atoms with van der Waals surface area (Å²) < 4.78 is 53.2. The molecular formula is C74H68ClF3N28O. The van der Waals surface area contributed by atoms with Crippen molar-refractivity contribution < 1.29 is 17.9 Å². The summed E-state index contributed by atoms with van der Waals surface area (Å²) in [6.07, 6.45) is 0.614. The highest BCUT2D eigenvalue weighted by Gasteiger charge is 2.21. The average Bonchev–Trinajstić information content (AvgIpc) is 1.65. The maximum atomic E-state index is 13.8. The van der Waals surface area contributed by atoms with Crippen molar-refractivity contribution in [2.24, 2.45) is 0 Å². The molecule has 16 aromatic rings. The fraction of sp³-hybridized carbons (Fsp3) is 0.135. The Hall–Kier alpha value is -14.0. The van der Waals surface area contributed by atoms with E-state index in [0.717, 1.165) is 50.9 Å². The van der Waals surface area contributed by atoms with Gasteiger partial charge in [-0.25, -0.2) is 33.1 Å². The van der Waals surface area contributed by atoms with Crippen LogP contribution in [-0.4, -0.2) is 105 Å². The maximum absolute atomic E-state index is 13.8. The Morgan fingerprint density at radius 1 is 0.383 bits per heavy atom. The fourth-order valence-corrected chi connectivity index (χ4v) is 11.4. The first-order valence-electron chi connectivity index (χ1n) is 33.2. The van der Waals surface area contributed by atoms with Gasteiger partial charge >= 0.3 is 0 Å². The molecule has 0 aliphatic rings. The molecule has 0 spiro atoms. The molecule has 0 unspecified atom stereocenters. The molecule has 0 saturated heterocycles. The van der Waals surface area contributed by atoms with E-state index in [2.05, 4.69) is 127 Å². The lowest BCUT2D eigenvalue weighted by Crippen LogP contribution is -2.11. The zero-order valence-electron chi connectivity index (χ0n) is 58.7. The van der Waals surface area contributed by atoms with Crippen LogP contribution in [0.3, 0.4) is 0 Å². The molecule has 107 heavy (non-hydrogen) atoms. The number of hydrogen-bond acceptors (Lipinski definition) is 25. The number of methoxy groups -OCH3 is 1. The second-order valence-electron chi connectivity index (χ2n) is 24.2. The number of rotatable bonds is 15. The highest BCUT2D eigenvalue weighted by molar-refractivity contribution is 6.30. The third-order valence-corrected chi connectivity index (χ3v) is 16.5. The third-order valence-electron chi connectivity index (χ3n) is 16.3. The number of imidazole rings is 4. The van der Waals surface area contributed by atoms with E-state index in [4.69, 9.17) is 39.3 Å². The molecule has 16 rings (SSSR count). The van der Waals surface area contributed by atoms with Crippen LogP contribution in [-0.2, 0) is 6.42 Å². The number of para-hydroxylation sites is 2. The molecule has 8 aromatic carbocycles. The smallest absolute Gasteiger partial charge is 0.242 e. The second kappa shape index (κ2) is 30.9. The van der Waals surface area contributed by atoms with Crippen LogP contribution >= 0.6 is 11.6 Å². The number of aryl methyl sites for hydroxylation is 5. The summed E-state index contributed by atoms with van der Waals surface area (Å²) in [5, 5.41) is 13.1. The standard InChI is InChI=1S/C20H21N7.C19H18FN7O.C18H16FN7.C17H13ClFN7/c1-12(2)14-8-10-15(11-9-14)23-19-24-18(21)25-20(26-19)27-13(3)22-16-6-4-5-7-17(16)27;1-3-16-23-14-9-4-11(20)10-15(14)27(16)19-25-17(21)24-18(26-19)22-12-5-7-13(28-2)8-6-12;1-10-3-6-13(7-4-10)22-17-23-16(20)24-18(25-17)26-11(2)21-14-8-5-12(19)9-15(14)26;1-9-21-13-7-4-11(19)8-14(13)26(9)17-24-15(20)23-16(25-17)22-12-5-2-10(18)3-6-12/h4-12H,1-3H3,(H3,21,23,24,25,26);4-10H,3H2,1-2H3,(H3,21,22,24,25,26);3-9H,1-2H3,(H3,20,22,23,24,25);2-8H,1H3,(H3,20,22,23,24,25). The van der Waals surface area contributed by atoms with Crippen LogP contribution in [0.25, 0.3) is 67.9 Å². The van der Waals surface area contributed by atoms with Gasteiger partial charge in [0.1, 0.15) is 46.5 Å². The van der Waals surface area contributed by atoms with Gasteiger partial charge in [0, 0.05) is 52.4 Å². The summed E-state index contributed by atoms with van der Waals surface area (Å²) in [5.41, 5.74) is 34.6. The molecular weight excluding hydrogens is 1390 g/mol.